The molecule has 2 amide bonds. The Kier molecular flexibility index (Phi) is 5.10. The summed E-state index contributed by atoms with van der Waals surface area (Å²) in [5, 5.41) is 7.63. The number of halogens is 1. The lowest BCUT2D eigenvalue weighted by molar-refractivity contribution is -0.137. The van der Waals surface area contributed by atoms with E-state index in [4.69, 9.17) is 11.6 Å². The Balaban J connectivity index is 1.61. The van der Waals surface area contributed by atoms with Crippen molar-refractivity contribution in [2.24, 2.45) is 0 Å². The number of aromatic nitrogens is 2. The van der Waals surface area contributed by atoms with Crippen LogP contribution in [0, 0.1) is 0 Å². The van der Waals surface area contributed by atoms with Crippen molar-refractivity contribution >= 4 is 23.4 Å². The lowest BCUT2D eigenvalue weighted by Crippen LogP contribution is -2.62. The monoisotopic (exact) mass is 353 g/mol. The van der Waals surface area contributed by atoms with Crippen molar-refractivity contribution in [1.29, 1.82) is 0 Å². The zero-order valence-electron chi connectivity index (χ0n) is 14.0. The number of piperazine rings is 1. The molecule has 2 aliphatic heterocycles. The topological polar surface area (TPSA) is 70.5 Å². The third-order valence-corrected chi connectivity index (χ3v) is 5.43. The molecule has 0 unspecified atom stereocenters. The predicted octanol–water partition coefficient (Wildman–Crippen LogP) is 0.739. The normalized spacial score (nSPS) is 25.6. The van der Waals surface area contributed by atoms with Gasteiger partial charge in [-0.05, 0) is 19.9 Å². The molecule has 1 aromatic heterocycles. The summed E-state index contributed by atoms with van der Waals surface area (Å²) in [5.74, 6) is 0.247. The number of hydrogen-bond acceptors (Lipinski definition) is 4. The fourth-order valence-electron chi connectivity index (χ4n) is 3.64. The van der Waals surface area contributed by atoms with Crippen LogP contribution in [0.25, 0.3) is 0 Å². The molecule has 3 rings (SSSR count). The summed E-state index contributed by atoms with van der Waals surface area (Å²) in [6, 6.07) is 0. The Hall–Kier alpha value is -1.60. The Morgan fingerprint density at radius 1 is 1.42 bits per heavy atom. The predicted molar refractivity (Wildman–Crippen MR) is 90.7 cm³/mol. The SMILES string of the molecule is CN1CCN(C(=O)CCn2cc(Cl)cn2)C[C@]12CCNC(=O)CC2. The summed E-state index contributed by atoms with van der Waals surface area (Å²) in [6.07, 6.45) is 5.92. The van der Waals surface area contributed by atoms with Crippen LogP contribution in [0.4, 0.5) is 0 Å². The molecule has 2 saturated heterocycles. The molecular weight excluding hydrogens is 330 g/mol. The Morgan fingerprint density at radius 3 is 3.00 bits per heavy atom. The molecule has 0 aliphatic carbocycles. The van der Waals surface area contributed by atoms with Crippen LogP contribution in [0.2, 0.25) is 5.02 Å². The van der Waals surface area contributed by atoms with E-state index in [1.165, 1.54) is 0 Å². The van der Waals surface area contributed by atoms with Crippen LogP contribution < -0.4 is 5.32 Å². The van der Waals surface area contributed by atoms with E-state index >= 15 is 0 Å². The number of hydrogen-bond donors (Lipinski definition) is 1. The summed E-state index contributed by atoms with van der Waals surface area (Å²) in [6.45, 7) is 3.48. The fraction of sp³-hybridized carbons (Fsp3) is 0.688. The van der Waals surface area contributed by atoms with Crippen molar-refractivity contribution in [3.05, 3.63) is 17.4 Å². The molecule has 1 atom stereocenters. The first-order valence-electron chi connectivity index (χ1n) is 8.42. The minimum atomic E-state index is -0.0952. The molecule has 1 aromatic rings. The van der Waals surface area contributed by atoms with Gasteiger partial charge in [0.2, 0.25) is 11.8 Å². The third kappa shape index (κ3) is 3.72. The van der Waals surface area contributed by atoms with Crippen LogP contribution in [0.5, 0.6) is 0 Å². The van der Waals surface area contributed by atoms with Crippen molar-refractivity contribution in [3.8, 4) is 0 Å². The second kappa shape index (κ2) is 7.11. The lowest BCUT2D eigenvalue weighted by atomic mass is 9.86. The van der Waals surface area contributed by atoms with Gasteiger partial charge in [-0.15, -0.1) is 0 Å². The Morgan fingerprint density at radius 2 is 2.25 bits per heavy atom. The van der Waals surface area contributed by atoms with Crippen LogP contribution >= 0.6 is 11.6 Å². The molecule has 2 fully saturated rings. The van der Waals surface area contributed by atoms with Crippen molar-refractivity contribution in [1.82, 2.24) is 24.9 Å². The van der Waals surface area contributed by atoms with Gasteiger partial charge in [-0.25, -0.2) is 0 Å². The smallest absolute Gasteiger partial charge is 0.224 e. The maximum Gasteiger partial charge on any atom is 0.224 e. The van der Waals surface area contributed by atoms with E-state index in [9.17, 15) is 9.59 Å². The van der Waals surface area contributed by atoms with Crippen LogP contribution in [0.1, 0.15) is 25.7 Å². The zero-order valence-corrected chi connectivity index (χ0v) is 14.8. The number of nitrogens with one attached hydrogen (secondary N) is 1. The largest absolute Gasteiger partial charge is 0.356 e. The van der Waals surface area contributed by atoms with E-state index in [0.29, 0.717) is 37.5 Å². The highest BCUT2D eigenvalue weighted by atomic mass is 35.5. The maximum atomic E-state index is 12.6. The van der Waals surface area contributed by atoms with Crippen LogP contribution in [0.15, 0.2) is 12.4 Å². The molecule has 1 spiro atoms. The molecule has 0 aromatic carbocycles. The van der Waals surface area contributed by atoms with E-state index in [0.717, 1.165) is 25.9 Å². The van der Waals surface area contributed by atoms with Gasteiger partial charge < -0.3 is 10.2 Å². The number of amides is 2. The first-order valence-corrected chi connectivity index (χ1v) is 8.80. The molecular formula is C16H24ClN5O2. The number of likely N-dealkylation sites (N-methyl/N-ethyl adjacent to an activating group) is 1. The highest BCUT2D eigenvalue weighted by molar-refractivity contribution is 6.30. The number of rotatable bonds is 3. The molecule has 0 bridgehead atoms. The highest BCUT2D eigenvalue weighted by Crippen LogP contribution is 2.30. The summed E-state index contributed by atoms with van der Waals surface area (Å²) < 4.78 is 1.69. The minimum Gasteiger partial charge on any atom is -0.356 e. The van der Waals surface area contributed by atoms with Gasteiger partial charge in [-0.1, -0.05) is 11.6 Å². The Bertz CT molecular complexity index is 619. The summed E-state index contributed by atoms with van der Waals surface area (Å²) in [5.41, 5.74) is -0.0952. The van der Waals surface area contributed by atoms with E-state index in [-0.39, 0.29) is 17.4 Å². The molecule has 0 radical (unpaired) electrons. The third-order valence-electron chi connectivity index (χ3n) is 5.24. The van der Waals surface area contributed by atoms with Crippen molar-refractivity contribution in [3.63, 3.8) is 0 Å². The lowest BCUT2D eigenvalue weighted by Gasteiger charge is -2.49. The first-order chi connectivity index (χ1) is 11.5. The van der Waals surface area contributed by atoms with Crippen molar-refractivity contribution in [2.75, 3.05) is 33.2 Å². The molecule has 8 heteroatoms. The van der Waals surface area contributed by atoms with E-state index in [1.54, 1.807) is 17.1 Å². The molecule has 132 valence electrons. The van der Waals surface area contributed by atoms with Gasteiger partial charge in [-0.3, -0.25) is 19.2 Å². The standard InChI is InChI=1S/C16H24ClN5O2/c1-20-8-9-21(12-16(20)4-2-14(23)18-6-5-16)15(24)3-7-22-11-13(17)10-19-22/h10-11H,2-9,12H2,1H3,(H,18,23)/t16-/m0/s1. The maximum absolute atomic E-state index is 12.6. The molecule has 0 saturated carbocycles. The molecule has 3 heterocycles. The quantitative estimate of drug-likeness (QED) is 0.870. The average molecular weight is 354 g/mol. The highest BCUT2D eigenvalue weighted by Gasteiger charge is 2.41. The second-order valence-corrected chi connectivity index (χ2v) is 7.17. The number of carbonyl (C=O) groups is 2. The number of aryl methyl sites for hydroxylation is 1. The molecule has 1 N–H and O–H groups in total. The fourth-order valence-corrected chi connectivity index (χ4v) is 3.80. The second-order valence-electron chi connectivity index (χ2n) is 6.73. The van der Waals surface area contributed by atoms with Crippen LogP contribution in [-0.4, -0.2) is 70.2 Å². The van der Waals surface area contributed by atoms with E-state index in [1.807, 2.05) is 4.90 Å². The van der Waals surface area contributed by atoms with Gasteiger partial charge in [0, 0.05) is 57.3 Å². The summed E-state index contributed by atoms with van der Waals surface area (Å²) in [7, 11) is 2.10. The van der Waals surface area contributed by atoms with E-state index in [2.05, 4.69) is 22.4 Å². The van der Waals surface area contributed by atoms with Gasteiger partial charge in [0.25, 0.3) is 0 Å². The van der Waals surface area contributed by atoms with Gasteiger partial charge in [0.1, 0.15) is 0 Å². The zero-order chi connectivity index (χ0) is 17.2. The Labute approximate surface area is 146 Å². The summed E-state index contributed by atoms with van der Waals surface area (Å²) in [4.78, 5) is 28.5. The van der Waals surface area contributed by atoms with Crippen molar-refractivity contribution in [2.45, 2.75) is 37.8 Å². The van der Waals surface area contributed by atoms with Gasteiger partial charge in [0.15, 0.2) is 0 Å². The van der Waals surface area contributed by atoms with Crippen molar-refractivity contribution < 1.29 is 9.59 Å². The first kappa shape index (κ1) is 17.2. The minimum absolute atomic E-state index is 0.0952. The average Bonchev–Trinajstić information content (AvgIpc) is 2.89. The molecule has 24 heavy (non-hydrogen) atoms. The van der Waals surface area contributed by atoms with Gasteiger partial charge >= 0.3 is 0 Å². The van der Waals surface area contributed by atoms with Gasteiger partial charge in [0.05, 0.1) is 11.2 Å². The van der Waals surface area contributed by atoms with Crippen LogP contribution in [-0.2, 0) is 16.1 Å². The van der Waals surface area contributed by atoms with Gasteiger partial charge in [-0.2, -0.15) is 5.10 Å². The summed E-state index contributed by atoms with van der Waals surface area (Å²) >= 11 is 5.85. The number of nitrogens with zero attached hydrogens (tertiary/aromatic N) is 4. The molecule has 7 nitrogen and oxygen atoms in total. The van der Waals surface area contributed by atoms with E-state index < -0.39 is 0 Å². The van der Waals surface area contributed by atoms with Crippen LogP contribution in [0.3, 0.4) is 0 Å². The number of carbonyl (C=O) groups excluding carboxylic acids is 2. The molecule has 2 aliphatic rings.